The molecule has 1 fully saturated rings. The molecule has 0 atom stereocenters. The maximum Gasteiger partial charge on any atom is 0.159 e. The topological polar surface area (TPSA) is 85.5 Å². The molecule has 7 nitrogen and oxygen atoms in total. The van der Waals surface area contributed by atoms with E-state index in [1.807, 2.05) is 13.0 Å². The first-order valence-electron chi connectivity index (χ1n) is 15.3. The molecule has 0 spiro atoms. The molecule has 5 aromatic rings. The number of nitrogens with one attached hydrogen (secondary N) is 3. The number of hydrogen-bond donors (Lipinski definition) is 3. The van der Waals surface area contributed by atoms with Gasteiger partial charge in [0.25, 0.3) is 0 Å². The van der Waals surface area contributed by atoms with E-state index in [0.717, 1.165) is 87.2 Å². The number of aromatic nitrogens is 5. The van der Waals surface area contributed by atoms with Gasteiger partial charge in [-0.25, -0.2) is 9.37 Å². The van der Waals surface area contributed by atoms with Gasteiger partial charge in [0.05, 0.1) is 22.7 Å². The number of imidazole rings is 1. The SMILES string of the molecule is C=C/C(=C\C(=C/C)c1ccc2[nH]nc(-c3nc4c(-c5cc(F)cc(CN6CCCCC6)c5)cncc4[nH]3)c2c1)NC(=C)CC. The average Bonchev–Trinajstić information content (AvgIpc) is 3.67. The molecule has 0 bridgehead atoms. The van der Waals surface area contributed by atoms with Crippen molar-refractivity contribution in [3.05, 3.63) is 109 Å². The van der Waals surface area contributed by atoms with E-state index in [1.54, 1.807) is 30.6 Å². The first-order valence-corrected chi connectivity index (χ1v) is 15.3. The van der Waals surface area contributed by atoms with Crippen molar-refractivity contribution >= 4 is 27.5 Å². The van der Waals surface area contributed by atoms with E-state index in [-0.39, 0.29) is 5.82 Å². The van der Waals surface area contributed by atoms with Crippen LogP contribution in [0.25, 0.3) is 50.2 Å². The van der Waals surface area contributed by atoms with Crippen LogP contribution in [0.1, 0.15) is 50.7 Å². The fourth-order valence-corrected chi connectivity index (χ4v) is 5.84. The number of hydrogen-bond acceptors (Lipinski definition) is 5. The number of fused-ring (bicyclic) bond motifs is 2. The van der Waals surface area contributed by atoms with Crippen molar-refractivity contribution in [1.82, 2.24) is 35.4 Å². The molecule has 0 amide bonds. The number of nitrogens with zero attached hydrogens (tertiary/aromatic N) is 4. The van der Waals surface area contributed by atoms with E-state index < -0.39 is 0 Å². The molecule has 0 unspecified atom stereocenters. The molecule has 1 saturated heterocycles. The molecule has 224 valence electrons. The third-order valence-electron chi connectivity index (χ3n) is 8.23. The second-order valence-corrected chi connectivity index (χ2v) is 11.3. The zero-order valence-corrected chi connectivity index (χ0v) is 25.4. The van der Waals surface area contributed by atoms with Crippen molar-refractivity contribution < 1.29 is 4.39 Å². The van der Waals surface area contributed by atoms with Crippen molar-refractivity contribution in [1.29, 1.82) is 0 Å². The summed E-state index contributed by atoms with van der Waals surface area (Å²) in [6.07, 6.45) is 13.9. The van der Waals surface area contributed by atoms with Crippen LogP contribution < -0.4 is 5.32 Å². The molecule has 44 heavy (non-hydrogen) atoms. The molecule has 0 aliphatic carbocycles. The van der Waals surface area contributed by atoms with Gasteiger partial charge in [-0.1, -0.05) is 38.6 Å². The summed E-state index contributed by atoms with van der Waals surface area (Å²) in [5.74, 6) is 0.364. The van der Waals surface area contributed by atoms with Gasteiger partial charge in [-0.3, -0.25) is 15.0 Å². The van der Waals surface area contributed by atoms with Crippen LogP contribution in [0.5, 0.6) is 0 Å². The standard InChI is InChI=1S/C36H38FN7/c1-5-23(4)39-29(7-3)18-25(6-2)26-11-12-32-30(19-26)35(43-42-32)36-40-33-21-38-20-31(34(33)41-36)27-15-24(16-28(37)17-27)22-44-13-9-8-10-14-44/h6-7,11-12,15-21,39H,3-5,8-10,13-14,22H2,1-2H3,(H,40,41)(H,42,43)/b25-6+,29-18+. The molecular weight excluding hydrogens is 549 g/mol. The first kappa shape index (κ1) is 29.3. The molecule has 2 aromatic carbocycles. The van der Waals surface area contributed by atoms with Gasteiger partial charge in [0.1, 0.15) is 11.5 Å². The van der Waals surface area contributed by atoms with E-state index in [0.29, 0.717) is 11.5 Å². The van der Waals surface area contributed by atoms with Crippen LogP contribution in [0.4, 0.5) is 4.39 Å². The van der Waals surface area contributed by atoms with Crippen molar-refractivity contribution in [2.24, 2.45) is 0 Å². The number of H-pyrrole nitrogens is 2. The van der Waals surface area contributed by atoms with Crippen LogP contribution in [0.3, 0.4) is 0 Å². The summed E-state index contributed by atoms with van der Waals surface area (Å²) in [7, 11) is 0. The van der Waals surface area contributed by atoms with Gasteiger partial charge < -0.3 is 10.3 Å². The summed E-state index contributed by atoms with van der Waals surface area (Å²) < 4.78 is 14.9. The molecule has 1 aliphatic rings. The highest BCUT2D eigenvalue weighted by atomic mass is 19.1. The highest BCUT2D eigenvalue weighted by Gasteiger charge is 2.18. The van der Waals surface area contributed by atoms with Gasteiger partial charge in [0.2, 0.25) is 0 Å². The molecule has 8 heteroatoms. The van der Waals surface area contributed by atoms with Crippen molar-refractivity contribution in [2.75, 3.05) is 13.1 Å². The predicted octanol–water partition coefficient (Wildman–Crippen LogP) is 8.28. The van der Waals surface area contributed by atoms with Gasteiger partial charge in [0.15, 0.2) is 5.82 Å². The molecule has 3 N–H and O–H groups in total. The molecule has 0 saturated carbocycles. The summed E-state index contributed by atoms with van der Waals surface area (Å²) in [5.41, 5.74) is 9.48. The summed E-state index contributed by atoms with van der Waals surface area (Å²) >= 11 is 0. The van der Waals surface area contributed by atoms with Crippen molar-refractivity contribution in [3.8, 4) is 22.6 Å². The van der Waals surface area contributed by atoms with Gasteiger partial charge in [-0.15, -0.1) is 0 Å². The Hall–Kier alpha value is -4.82. The zero-order chi connectivity index (χ0) is 30.6. The highest BCUT2D eigenvalue weighted by Crippen LogP contribution is 2.33. The Morgan fingerprint density at radius 3 is 2.70 bits per heavy atom. The van der Waals surface area contributed by atoms with Gasteiger partial charge in [-0.05, 0) is 104 Å². The lowest BCUT2D eigenvalue weighted by molar-refractivity contribution is 0.220. The maximum atomic E-state index is 14.9. The van der Waals surface area contributed by atoms with E-state index in [1.165, 1.54) is 19.3 Å². The minimum atomic E-state index is -0.254. The molecule has 1 aliphatic heterocycles. The summed E-state index contributed by atoms with van der Waals surface area (Å²) in [6, 6.07) is 11.5. The molecule has 0 radical (unpaired) electrons. The van der Waals surface area contributed by atoms with Gasteiger partial charge >= 0.3 is 0 Å². The number of likely N-dealkylation sites (tertiary alicyclic amines) is 1. The summed E-state index contributed by atoms with van der Waals surface area (Å²) in [5, 5.41) is 12.0. The minimum absolute atomic E-state index is 0.254. The second kappa shape index (κ2) is 12.8. The Balaban J connectivity index is 1.36. The molecule has 6 rings (SSSR count). The van der Waals surface area contributed by atoms with Crippen LogP contribution in [0.15, 0.2) is 91.6 Å². The number of allylic oxidation sites excluding steroid dienone is 5. The Morgan fingerprint density at radius 1 is 1.09 bits per heavy atom. The van der Waals surface area contributed by atoms with Gasteiger partial charge in [0, 0.05) is 35.1 Å². The third-order valence-corrected chi connectivity index (χ3v) is 8.23. The average molecular weight is 588 g/mol. The van der Waals surface area contributed by atoms with Crippen molar-refractivity contribution in [3.63, 3.8) is 0 Å². The Labute approximate surface area is 257 Å². The quantitative estimate of drug-likeness (QED) is 0.143. The van der Waals surface area contributed by atoms with Crippen LogP contribution >= 0.6 is 0 Å². The highest BCUT2D eigenvalue weighted by molar-refractivity contribution is 5.98. The predicted molar refractivity (Wildman–Crippen MR) is 178 cm³/mol. The fraction of sp³-hybridized carbons (Fsp3) is 0.250. The monoisotopic (exact) mass is 587 g/mol. The maximum absolute atomic E-state index is 14.9. The molecule has 3 aromatic heterocycles. The fourth-order valence-electron chi connectivity index (χ4n) is 5.84. The van der Waals surface area contributed by atoms with Crippen LogP contribution in [0.2, 0.25) is 0 Å². The minimum Gasteiger partial charge on any atom is -0.359 e. The first-order chi connectivity index (χ1) is 21.4. The number of aromatic amines is 2. The van der Waals surface area contributed by atoms with Crippen LogP contribution in [-0.2, 0) is 6.54 Å². The number of benzene rings is 2. The Kier molecular flexibility index (Phi) is 8.52. The van der Waals surface area contributed by atoms with Crippen LogP contribution in [0, 0.1) is 5.82 Å². The second-order valence-electron chi connectivity index (χ2n) is 11.3. The van der Waals surface area contributed by atoms with Crippen LogP contribution in [-0.4, -0.2) is 43.1 Å². The lowest BCUT2D eigenvalue weighted by Gasteiger charge is -2.26. The molecule has 4 heterocycles. The summed E-state index contributed by atoms with van der Waals surface area (Å²) in [6.45, 7) is 14.9. The van der Waals surface area contributed by atoms with Crippen molar-refractivity contribution in [2.45, 2.75) is 46.1 Å². The lowest BCUT2D eigenvalue weighted by atomic mass is 10.0. The number of rotatable bonds is 10. The number of piperidine rings is 1. The van der Waals surface area contributed by atoms with E-state index >= 15 is 0 Å². The smallest absolute Gasteiger partial charge is 0.159 e. The summed E-state index contributed by atoms with van der Waals surface area (Å²) in [4.78, 5) is 15.3. The third kappa shape index (κ3) is 6.12. The van der Waals surface area contributed by atoms with E-state index in [2.05, 4.69) is 80.8 Å². The van der Waals surface area contributed by atoms with E-state index in [9.17, 15) is 4.39 Å². The molecular formula is C36H38FN7. The van der Waals surface area contributed by atoms with Gasteiger partial charge in [-0.2, -0.15) is 5.10 Å². The Morgan fingerprint density at radius 2 is 1.93 bits per heavy atom. The number of pyridine rings is 1. The normalized spacial score (nSPS) is 14.8. The van der Waals surface area contributed by atoms with E-state index in [4.69, 9.17) is 4.98 Å². The zero-order valence-electron chi connectivity index (χ0n) is 25.4. The lowest BCUT2D eigenvalue weighted by Crippen LogP contribution is -2.29. The Bertz CT molecular complexity index is 1900. The number of halogens is 1. The largest absolute Gasteiger partial charge is 0.359 e.